The van der Waals surface area contributed by atoms with Gasteiger partial charge in [0.1, 0.15) is 6.29 Å². The first-order chi connectivity index (χ1) is 14.7. The zero-order chi connectivity index (χ0) is 23.3. The lowest BCUT2D eigenvalue weighted by Gasteiger charge is -2.32. The number of hydrogen-bond acceptors (Lipinski definition) is 1. The molecular formula is C30H40O. The van der Waals surface area contributed by atoms with Crippen LogP contribution in [0.25, 0.3) is 0 Å². The maximum Gasteiger partial charge on any atom is 0.145 e. The lowest BCUT2D eigenvalue weighted by molar-refractivity contribution is -0.104. The molecule has 0 aliphatic heterocycles. The van der Waals surface area contributed by atoms with Gasteiger partial charge >= 0.3 is 0 Å². The maximum absolute atomic E-state index is 10.6. The second-order valence-corrected chi connectivity index (χ2v) is 9.13. The van der Waals surface area contributed by atoms with Crippen LogP contribution in [-0.4, -0.2) is 6.29 Å². The highest BCUT2D eigenvalue weighted by Crippen LogP contribution is 2.40. The molecule has 1 rings (SSSR count). The fourth-order valence-electron chi connectivity index (χ4n) is 3.55. The van der Waals surface area contributed by atoms with Crippen LogP contribution in [0, 0.1) is 5.41 Å². The summed E-state index contributed by atoms with van der Waals surface area (Å²) in [6, 6.07) is 0. The van der Waals surface area contributed by atoms with Crippen molar-refractivity contribution >= 4 is 6.29 Å². The van der Waals surface area contributed by atoms with E-state index in [0.717, 1.165) is 17.4 Å². The summed E-state index contributed by atoms with van der Waals surface area (Å²) in [7, 11) is 0. The zero-order valence-corrected chi connectivity index (χ0v) is 20.5. The Morgan fingerprint density at radius 1 is 0.742 bits per heavy atom. The Kier molecular flexibility index (Phi) is 11.6. The molecule has 0 aromatic carbocycles. The molecule has 1 nitrogen and oxygen atoms in total. The van der Waals surface area contributed by atoms with E-state index >= 15 is 0 Å². The first-order valence-corrected chi connectivity index (χ1v) is 11.2. The average Bonchev–Trinajstić information content (AvgIpc) is 2.70. The summed E-state index contributed by atoms with van der Waals surface area (Å²) in [6.07, 6.45) is 29.5. The van der Waals surface area contributed by atoms with E-state index < -0.39 is 0 Å². The Morgan fingerprint density at radius 2 is 1.23 bits per heavy atom. The molecule has 31 heavy (non-hydrogen) atoms. The third-order valence-electron chi connectivity index (χ3n) is 5.51. The topological polar surface area (TPSA) is 17.1 Å². The SMILES string of the molecule is CC(C=O)=CC=CC(C)=CC=CC(C)=CC=CC=C(C)C=CC1=C(C)CCCC1(C)C. The van der Waals surface area contributed by atoms with Crippen LogP contribution in [0.3, 0.4) is 0 Å². The van der Waals surface area contributed by atoms with Crippen LogP contribution in [-0.2, 0) is 4.79 Å². The molecule has 0 N–H and O–H groups in total. The largest absolute Gasteiger partial charge is 0.298 e. The maximum atomic E-state index is 10.6. The van der Waals surface area contributed by atoms with Gasteiger partial charge in [-0.05, 0) is 70.4 Å². The molecule has 1 aliphatic rings. The highest BCUT2D eigenvalue weighted by molar-refractivity contribution is 5.72. The molecule has 0 saturated carbocycles. The minimum Gasteiger partial charge on any atom is -0.298 e. The molecule has 0 unspecified atom stereocenters. The van der Waals surface area contributed by atoms with Gasteiger partial charge in [0.15, 0.2) is 0 Å². The molecule has 0 heterocycles. The normalized spacial score (nSPS) is 19.6. The van der Waals surface area contributed by atoms with Gasteiger partial charge in [0.25, 0.3) is 0 Å². The van der Waals surface area contributed by atoms with Gasteiger partial charge in [0, 0.05) is 0 Å². The third kappa shape index (κ3) is 10.8. The molecular weight excluding hydrogens is 376 g/mol. The molecule has 1 heteroatoms. The van der Waals surface area contributed by atoms with Gasteiger partial charge in [0.2, 0.25) is 0 Å². The van der Waals surface area contributed by atoms with Crippen LogP contribution >= 0.6 is 0 Å². The van der Waals surface area contributed by atoms with Gasteiger partial charge in [-0.25, -0.2) is 0 Å². The van der Waals surface area contributed by atoms with Gasteiger partial charge in [-0.15, -0.1) is 0 Å². The van der Waals surface area contributed by atoms with Crippen molar-refractivity contribution in [3.63, 3.8) is 0 Å². The average molecular weight is 417 g/mol. The smallest absolute Gasteiger partial charge is 0.145 e. The van der Waals surface area contributed by atoms with Crippen molar-refractivity contribution < 1.29 is 4.79 Å². The predicted octanol–water partition coefficient (Wildman–Crippen LogP) is 8.72. The second kappa shape index (κ2) is 13.6. The monoisotopic (exact) mass is 416 g/mol. The van der Waals surface area contributed by atoms with Crippen molar-refractivity contribution in [3.8, 4) is 0 Å². The number of allylic oxidation sites excluding steroid dienone is 18. The van der Waals surface area contributed by atoms with Crippen LogP contribution < -0.4 is 0 Å². The molecule has 0 aromatic rings. The van der Waals surface area contributed by atoms with Crippen LogP contribution in [0.15, 0.2) is 106 Å². The highest BCUT2D eigenvalue weighted by Gasteiger charge is 2.26. The zero-order valence-electron chi connectivity index (χ0n) is 20.5. The van der Waals surface area contributed by atoms with E-state index in [1.54, 1.807) is 6.92 Å². The van der Waals surface area contributed by atoms with Crippen molar-refractivity contribution in [2.45, 2.75) is 67.7 Å². The molecule has 0 spiro atoms. The molecule has 166 valence electrons. The fraction of sp³-hybridized carbons (Fsp3) is 0.367. The van der Waals surface area contributed by atoms with Crippen LogP contribution in [0.4, 0.5) is 0 Å². The number of carbonyl (C=O) groups excluding carboxylic acids is 1. The summed E-state index contributed by atoms with van der Waals surface area (Å²) in [6.45, 7) is 15.1. The summed E-state index contributed by atoms with van der Waals surface area (Å²) >= 11 is 0. The fourth-order valence-corrected chi connectivity index (χ4v) is 3.55. The van der Waals surface area contributed by atoms with E-state index in [9.17, 15) is 4.79 Å². The molecule has 0 bridgehead atoms. The number of carbonyl (C=O) groups is 1. The van der Waals surface area contributed by atoms with E-state index in [1.807, 2.05) is 31.2 Å². The summed E-state index contributed by atoms with van der Waals surface area (Å²) in [5.74, 6) is 0. The Morgan fingerprint density at radius 3 is 1.74 bits per heavy atom. The summed E-state index contributed by atoms with van der Waals surface area (Å²) < 4.78 is 0. The van der Waals surface area contributed by atoms with Crippen LogP contribution in [0.5, 0.6) is 0 Å². The molecule has 1 aliphatic carbocycles. The molecule has 0 aromatic heterocycles. The Balaban J connectivity index is 2.65. The van der Waals surface area contributed by atoms with Crippen molar-refractivity contribution in [1.29, 1.82) is 0 Å². The molecule has 0 amide bonds. The van der Waals surface area contributed by atoms with Crippen molar-refractivity contribution in [2.75, 3.05) is 0 Å². The Hall–Kier alpha value is -2.67. The van der Waals surface area contributed by atoms with E-state index in [1.165, 1.54) is 41.6 Å². The van der Waals surface area contributed by atoms with Gasteiger partial charge in [-0.3, -0.25) is 4.79 Å². The van der Waals surface area contributed by atoms with Crippen LogP contribution in [0.2, 0.25) is 0 Å². The third-order valence-corrected chi connectivity index (χ3v) is 5.51. The van der Waals surface area contributed by atoms with Crippen LogP contribution in [0.1, 0.15) is 67.7 Å². The molecule has 0 atom stereocenters. The Bertz CT molecular complexity index is 887. The van der Waals surface area contributed by atoms with Gasteiger partial charge < -0.3 is 0 Å². The van der Waals surface area contributed by atoms with Crippen molar-refractivity contribution in [2.24, 2.45) is 5.41 Å². The van der Waals surface area contributed by atoms with Gasteiger partial charge in [-0.2, -0.15) is 0 Å². The van der Waals surface area contributed by atoms with E-state index in [2.05, 4.69) is 83.2 Å². The number of aldehydes is 1. The minimum atomic E-state index is 0.287. The summed E-state index contributed by atoms with van der Waals surface area (Å²) in [5, 5.41) is 0. The first kappa shape index (κ1) is 26.4. The van der Waals surface area contributed by atoms with Gasteiger partial charge in [0.05, 0.1) is 0 Å². The minimum absolute atomic E-state index is 0.287. The van der Waals surface area contributed by atoms with Gasteiger partial charge in [-0.1, -0.05) is 109 Å². The number of rotatable bonds is 9. The first-order valence-electron chi connectivity index (χ1n) is 11.2. The molecule has 0 fully saturated rings. The summed E-state index contributed by atoms with van der Waals surface area (Å²) in [5.41, 5.74) is 7.62. The number of hydrogen-bond donors (Lipinski definition) is 0. The second-order valence-electron chi connectivity index (χ2n) is 9.13. The highest BCUT2D eigenvalue weighted by atomic mass is 16.1. The summed E-state index contributed by atoms with van der Waals surface area (Å²) in [4.78, 5) is 10.6. The molecule has 0 radical (unpaired) electrons. The predicted molar refractivity (Wildman–Crippen MR) is 138 cm³/mol. The van der Waals surface area contributed by atoms with E-state index in [-0.39, 0.29) is 5.41 Å². The molecule has 0 saturated heterocycles. The van der Waals surface area contributed by atoms with E-state index in [4.69, 9.17) is 0 Å². The Labute approximate surface area is 190 Å². The lowest BCUT2D eigenvalue weighted by atomic mass is 9.72. The van der Waals surface area contributed by atoms with E-state index in [0.29, 0.717) is 0 Å². The lowest BCUT2D eigenvalue weighted by Crippen LogP contribution is -2.19. The quantitative estimate of drug-likeness (QED) is 0.209. The standard InChI is InChI=1S/C30H40O/c1-24(15-10-16-25(2)17-11-18-27(4)23-31)13-8-9-14-26(3)20-21-29-28(5)19-12-22-30(29,6)7/h8-11,13-18,20-21,23H,12,19,22H2,1-7H3. The van der Waals surface area contributed by atoms with Crippen molar-refractivity contribution in [1.82, 2.24) is 0 Å². The van der Waals surface area contributed by atoms with Crippen molar-refractivity contribution in [3.05, 3.63) is 106 Å².